The fourth-order valence-electron chi connectivity index (χ4n) is 2.94. The summed E-state index contributed by atoms with van der Waals surface area (Å²) in [6.45, 7) is 10.4. The number of aliphatic imine (C=N–C) groups is 1. The van der Waals surface area contributed by atoms with Gasteiger partial charge in [-0.05, 0) is 26.0 Å². The Hall–Kier alpha value is -0.910. The number of nitrogens with zero attached hydrogens (tertiary/aromatic N) is 6. The molecule has 2 aromatic heterocycles. The van der Waals surface area contributed by atoms with Gasteiger partial charge in [-0.2, -0.15) is 0 Å². The summed E-state index contributed by atoms with van der Waals surface area (Å²) < 4.78 is 2.84. The molecule has 0 bridgehead atoms. The number of piperazine rings is 1. The van der Waals surface area contributed by atoms with Gasteiger partial charge in [-0.3, -0.25) is 4.90 Å². The number of nitrogens with one attached hydrogen (secondary N) is 1. The van der Waals surface area contributed by atoms with Crippen LogP contribution in [0.15, 0.2) is 17.1 Å². The molecule has 0 radical (unpaired) electrons. The molecule has 3 heterocycles. The number of halogens is 2. The van der Waals surface area contributed by atoms with E-state index in [9.17, 15) is 0 Å². The van der Waals surface area contributed by atoms with E-state index in [1.807, 2.05) is 24.6 Å². The van der Waals surface area contributed by atoms with Crippen molar-refractivity contribution in [1.82, 2.24) is 29.9 Å². The van der Waals surface area contributed by atoms with E-state index in [1.54, 1.807) is 11.3 Å². The first-order valence-electron chi connectivity index (χ1n) is 8.91. The van der Waals surface area contributed by atoms with Gasteiger partial charge in [0.15, 0.2) is 11.8 Å². The third kappa shape index (κ3) is 6.03. The van der Waals surface area contributed by atoms with Crippen LogP contribution in [-0.2, 0) is 20.1 Å². The largest absolute Gasteiger partial charge is 0.357 e. The SMILES string of the molecule is CCNC(=NCc1nnc(C)n1C)N1CCN(Cc2ccc(Cl)s2)CC1.I. The second-order valence-electron chi connectivity index (χ2n) is 6.36. The van der Waals surface area contributed by atoms with Gasteiger partial charge in [-0.25, -0.2) is 4.99 Å². The lowest BCUT2D eigenvalue weighted by Crippen LogP contribution is -2.52. The Balaban J connectivity index is 0.00000261. The smallest absolute Gasteiger partial charge is 0.194 e. The summed E-state index contributed by atoms with van der Waals surface area (Å²) in [5, 5.41) is 11.7. The van der Waals surface area contributed by atoms with Crippen molar-refractivity contribution in [3.8, 4) is 0 Å². The summed E-state index contributed by atoms with van der Waals surface area (Å²) in [5.74, 6) is 2.74. The summed E-state index contributed by atoms with van der Waals surface area (Å²) in [4.78, 5) is 10.9. The van der Waals surface area contributed by atoms with Crippen molar-refractivity contribution in [1.29, 1.82) is 0 Å². The topological polar surface area (TPSA) is 61.6 Å². The molecule has 1 fully saturated rings. The average Bonchev–Trinajstić information content (AvgIpc) is 3.19. The Bertz CT molecular complexity index is 752. The molecule has 27 heavy (non-hydrogen) atoms. The van der Waals surface area contributed by atoms with Crippen LogP contribution in [-0.4, -0.2) is 63.2 Å². The van der Waals surface area contributed by atoms with Crippen LogP contribution in [0.1, 0.15) is 23.4 Å². The van der Waals surface area contributed by atoms with Crippen LogP contribution in [0.2, 0.25) is 4.34 Å². The normalized spacial score (nSPS) is 15.7. The molecule has 1 aliphatic heterocycles. The molecule has 3 rings (SSSR count). The Kier molecular flexibility index (Phi) is 8.77. The Morgan fingerprint density at radius 2 is 2.00 bits per heavy atom. The maximum atomic E-state index is 6.03. The van der Waals surface area contributed by atoms with Gasteiger partial charge in [0.25, 0.3) is 0 Å². The van der Waals surface area contributed by atoms with E-state index in [4.69, 9.17) is 16.6 Å². The number of hydrogen-bond acceptors (Lipinski definition) is 5. The molecule has 0 aliphatic carbocycles. The van der Waals surface area contributed by atoms with Crippen molar-refractivity contribution >= 4 is 52.9 Å². The number of aryl methyl sites for hydroxylation is 1. The van der Waals surface area contributed by atoms with Gasteiger partial charge >= 0.3 is 0 Å². The van der Waals surface area contributed by atoms with E-state index in [0.717, 1.165) is 61.2 Å². The molecular formula is C17H27ClIN7S. The maximum Gasteiger partial charge on any atom is 0.194 e. The van der Waals surface area contributed by atoms with Crippen molar-refractivity contribution in [2.75, 3.05) is 32.7 Å². The Morgan fingerprint density at radius 1 is 1.26 bits per heavy atom. The predicted octanol–water partition coefficient (Wildman–Crippen LogP) is 2.74. The van der Waals surface area contributed by atoms with Gasteiger partial charge in [0.1, 0.15) is 12.4 Å². The molecule has 0 amide bonds. The fraction of sp³-hybridized carbons (Fsp3) is 0.588. The van der Waals surface area contributed by atoms with Crippen molar-refractivity contribution in [2.45, 2.75) is 26.9 Å². The number of hydrogen-bond donors (Lipinski definition) is 1. The zero-order valence-corrected chi connectivity index (χ0v) is 19.9. The molecule has 0 unspecified atom stereocenters. The van der Waals surface area contributed by atoms with Crippen molar-refractivity contribution in [3.05, 3.63) is 33.0 Å². The minimum atomic E-state index is 0. The van der Waals surface area contributed by atoms with Crippen LogP contribution in [0.3, 0.4) is 0 Å². The lowest BCUT2D eigenvalue weighted by atomic mass is 10.3. The van der Waals surface area contributed by atoms with Gasteiger partial charge in [0.2, 0.25) is 0 Å². The van der Waals surface area contributed by atoms with Gasteiger partial charge in [-0.1, -0.05) is 11.6 Å². The Morgan fingerprint density at radius 3 is 2.56 bits per heavy atom. The molecule has 1 aliphatic rings. The lowest BCUT2D eigenvalue weighted by molar-refractivity contribution is 0.173. The first kappa shape index (κ1) is 22.4. The van der Waals surface area contributed by atoms with Crippen LogP contribution < -0.4 is 5.32 Å². The lowest BCUT2D eigenvalue weighted by Gasteiger charge is -2.36. The minimum absolute atomic E-state index is 0. The zero-order chi connectivity index (χ0) is 18.5. The summed E-state index contributed by atoms with van der Waals surface area (Å²) >= 11 is 7.70. The fourth-order valence-corrected chi connectivity index (χ4v) is 4.07. The molecular weight excluding hydrogens is 497 g/mol. The summed E-state index contributed by atoms with van der Waals surface area (Å²) in [6, 6.07) is 4.09. The Labute approximate surface area is 186 Å². The molecule has 0 atom stereocenters. The molecule has 2 aromatic rings. The van der Waals surface area contributed by atoms with Gasteiger partial charge in [0.05, 0.1) is 4.34 Å². The van der Waals surface area contributed by atoms with Crippen molar-refractivity contribution in [3.63, 3.8) is 0 Å². The van der Waals surface area contributed by atoms with E-state index in [-0.39, 0.29) is 24.0 Å². The van der Waals surface area contributed by atoms with Crippen LogP contribution in [0.25, 0.3) is 0 Å². The molecule has 1 N–H and O–H groups in total. The standard InChI is InChI=1S/C17H26ClN7S.HI/c1-4-19-17(20-11-16-22-21-13(2)23(16)3)25-9-7-24(8-10-25)12-14-5-6-15(18)26-14;/h5-6H,4,7-12H2,1-3H3,(H,19,20);1H. The van der Waals surface area contributed by atoms with Gasteiger partial charge in [-0.15, -0.1) is 45.5 Å². The second-order valence-corrected chi connectivity index (χ2v) is 8.16. The highest BCUT2D eigenvalue weighted by molar-refractivity contribution is 14.0. The highest BCUT2D eigenvalue weighted by Crippen LogP contribution is 2.23. The molecule has 7 nitrogen and oxygen atoms in total. The number of rotatable bonds is 5. The molecule has 150 valence electrons. The monoisotopic (exact) mass is 523 g/mol. The summed E-state index contributed by atoms with van der Waals surface area (Å²) in [7, 11) is 1.97. The quantitative estimate of drug-likeness (QED) is 0.371. The van der Waals surface area contributed by atoms with Crippen molar-refractivity contribution in [2.24, 2.45) is 12.0 Å². The first-order chi connectivity index (χ1) is 12.6. The minimum Gasteiger partial charge on any atom is -0.357 e. The first-order valence-corrected chi connectivity index (χ1v) is 10.1. The summed E-state index contributed by atoms with van der Waals surface area (Å²) in [6.07, 6.45) is 0. The molecule has 0 spiro atoms. The molecule has 10 heteroatoms. The van der Waals surface area contributed by atoms with Gasteiger partial charge < -0.3 is 14.8 Å². The van der Waals surface area contributed by atoms with Crippen LogP contribution in [0.5, 0.6) is 0 Å². The maximum absolute atomic E-state index is 6.03. The van der Waals surface area contributed by atoms with Gasteiger partial charge in [0, 0.05) is 51.2 Å². The van der Waals surface area contributed by atoms with Crippen LogP contribution in [0, 0.1) is 6.92 Å². The third-order valence-corrected chi connectivity index (χ3v) is 5.78. The van der Waals surface area contributed by atoms with Crippen LogP contribution in [0.4, 0.5) is 0 Å². The number of thiophene rings is 1. The highest BCUT2D eigenvalue weighted by Gasteiger charge is 2.20. The molecule has 0 saturated carbocycles. The number of guanidine groups is 1. The molecule has 0 aromatic carbocycles. The highest BCUT2D eigenvalue weighted by atomic mass is 127. The third-order valence-electron chi connectivity index (χ3n) is 4.57. The second kappa shape index (κ2) is 10.6. The van der Waals surface area contributed by atoms with Crippen LogP contribution >= 0.6 is 46.9 Å². The average molecular weight is 524 g/mol. The predicted molar refractivity (Wildman–Crippen MR) is 122 cm³/mol. The van der Waals surface area contributed by atoms with E-state index in [2.05, 4.69) is 38.3 Å². The van der Waals surface area contributed by atoms with E-state index in [0.29, 0.717) is 6.54 Å². The van der Waals surface area contributed by atoms with E-state index < -0.39 is 0 Å². The van der Waals surface area contributed by atoms with E-state index in [1.165, 1.54) is 4.88 Å². The van der Waals surface area contributed by atoms with E-state index >= 15 is 0 Å². The summed E-state index contributed by atoms with van der Waals surface area (Å²) in [5.41, 5.74) is 0. The van der Waals surface area contributed by atoms with Crippen molar-refractivity contribution < 1.29 is 0 Å². The number of aromatic nitrogens is 3. The molecule has 1 saturated heterocycles. The zero-order valence-electron chi connectivity index (χ0n) is 16.0.